The van der Waals surface area contributed by atoms with E-state index in [1.165, 1.54) is 12.1 Å². The van der Waals surface area contributed by atoms with Gasteiger partial charge in [0.05, 0.1) is 10.2 Å². The van der Waals surface area contributed by atoms with Gasteiger partial charge in [0.15, 0.2) is 0 Å². The summed E-state index contributed by atoms with van der Waals surface area (Å²) in [4.78, 5) is 11.9. The van der Waals surface area contributed by atoms with Crippen LogP contribution in [-0.4, -0.2) is 5.91 Å². The second-order valence-corrected chi connectivity index (χ2v) is 5.65. The van der Waals surface area contributed by atoms with Crippen LogP contribution in [0.1, 0.15) is 10.4 Å². The Hall–Kier alpha value is -1.47. The molecule has 2 rings (SSSR count). The van der Waals surface area contributed by atoms with Crippen LogP contribution in [0.2, 0.25) is 0 Å². The number of rotatable bonds is 2. The Morgan fingerprint density at radius 3 is 2.40 bits per heavy atom. The maximum absolute atomic E-state index is 13.6. The highest BCUT2D eigenvalue weighted by Gasteiger charge is 2.13. The van der Waals surface area contributed by atoms with E-state index in [1.807, 2.05) is 0 Å². The molecule has 0 fully saturated rings. The van der Waals surface area contributed by atoms with Gasteiger partial charge in [-0.25, -0.2) is 8.78 Å². The first kappa shape index (κ1) is 14.9. The van der Waals surface area contributed by atoms with Crippen molar-refractivity contribution in [3.8, 4) is 0 Å². The van der Waals surface area contributed by atoms with Crippen LogP contribution in [0.15, 0.2) is 39.3 Å². The molecule has 0 atom stereocenters. The lowest BCUT2D eigenvalue weighted by atomic mass is 10.2. The van der Waals surface area contributed by atoms with Crippen molar-refractivity contribution in [3.05, 3.63) is 56.5 Å². The molecule has 0 saturated carbocycles. The molecule has 0 aliphatic heterocycles. The van der Waals surface area contributed by atoms with Crippen LogP contribution in [0.3, 0.4) is 0 Å². The number of nitrogen functional groups attached to an aromatic ring is 1. The summed E-state index contributed by atoms with van der Waals surface area (Å²) in [5.74, 6) is -1.99. The fourth-order valence-electron chi connectivity index (χ4n) is 1.50. The quantitative estimate of drug-likeness (QED) is 0.577. The molecule has 3 N–H and O–H groups in total. The summed E-state index contributed by atoms with van der Waals surface area (Å²) in [6.07, 6.45) is 0. The van der Waals surface area contributed by atoms with Gasteiger partial charge in [-0.15, -0.1) is 0 Å². The standard InChI is InChI=1S/C13H8Br2F2N2O/c14-7-2-1-6(3-11(7)18)13(20)19-12-5-9(16)8(15)4-10(12)17/h1-5H,18H2,(H,19,20). The molecule has 20 heavy (non-hydrogen) atoms. The number of nitrogens with one attached hydrogen (secondary N) is 1. The first-order valence-corrected chi connectivity index (χ1v) is 6.98. The Labute approximate surface area is 130 Å². The fourth-order valence-corrected chi connectivity index (χ4v) is 2.06. The lowest BCUT2D eigenvalue weighted by Gasteiger charge is -2.08. The van der Waals surface area contributed by atoms with E-state index in [2.05, 4.69) is 37.2 Å². The molecular weight excluding hydrogens is 398 g/mol. The van der Waals surface area contributed by atoms with Gasteiger partial charge in [-0.2, -0.15) is 0 Å². The third-order valence-electron chi connectivity index (χ3n) is 2.52. The maximum Gasteiger partial charge on any atom is 0.255 e. The third kappa shape index (κ3) is 3.16. The molecule has 0 spiro atoms. The topological polar surface area (TPSA) is 55.1 Å². The Bertz CT molecular complexity index is 692. The third-order valence-corrected chi connectivity index (χ3v) is 3.85. The van der Waals surface area contributed by atoms with Gasteiger partial charge in [0, 0.05) is 21.8 Å². The Balaban J connectivity index is 2.27. The summed E-state index contributed by atoms with van der Waals surface area (Å²) in [7, 11) is 0. The molecule has 0 saturated heterocycles. The summed E-state index contributed by atoms with van der Waals surface area (Å²) in [6.45, 7) is 0. The lowest BCUT2D eigenvalue weighted by Crippen LogP contribution is -2.13. The molecule has 1 amide bonds. The SMILES string of the molecule is Nc1cc(C(=O)Nc2cc(F)c(Br)cc2F)ccc1Br. The van der Waals surface area contributed by atoms with E-state index in [1.54, 1.807) is 6.07 Å². The molecule has 7 heteroatoms. The zero-order chi connectivity index (χ0) is 14.9. The van der Waals surface area contributed by atoms with Crippen LogP contribution >= 0.6 is 31.9 Å². The van der Waals surface area contributed by atoms with Crippen LogP contribution in [0.5, 0.6) is 0 Å². The number of nitrogens with two attached hydrogens (primary N) is 1. The van der Waals surface area contributed by atoms with Crippen molar-refractivity contribution in [3.63, 3.8) is 0 Å². The second-order valence-electron chi connectivity index (χ2n) is 3.94. The van der Waals surface area contributed by atoms with Crippen molar-refractivity contribution in [2.75, 3.05) is 11.1 Å². The van der Waals surface area contributed by atoms with E-state index in [4.69, 9.17) is 5.73 Å². The molecule has 104 valence electrons. The summed E-state index contributed by atoms with van der Waals surface area (Å²) < 4.78 is 27.6. The molecule has 0 heterocycles. The van der Waals surface area contributed by atoms with Crippen molar-refractivity contribution in [1.29, 1.82) is 0 Å². The molecule has 0 radical (unpaired) electrons. The summed E-state index contributed by atoms with van der Waals surface area (Å²) in [5, 5.41) is 2.30. The first-order chi connectivity index (χ1) is 9.38. The van der Waals surface area contributed by atoms with E-state index in [0.29, 0.717) is 10.2 Å². The molecule has 0 aromatic heterocycles. The Morgan fingerprint density at radius 1 is 1.05 bits per heavy atom. The molecule has 2 aromatic carbocycles. The van der Waals surface area contributed by atoms with Crippen molar-refractivity contribution in [1.82, 2.24) is 0 Å². The summed E-state index contributed by atoms with van der Waals surface area (Å²) in [6, 6.07) is 6.40. The molecule has 3 nitrogen and oxygen atoms in total. The highest BCUT2D eigenvalue weighted by molar-refractivity contribution is 9.10. The van der Waals surface area contributed by atoms with E-state index in [-0.39, 0.29) is 15.7 Å². The second kappa shape index (κ2) is 5.88. The van der Waals surface area contributed by atoms with Gasteiger partial charge in [0.1, 0.15) is 11.6 Å². The zero-order valence-corrected chi connectivity index (χ0v) is 13.1. The van der Waals surface area contributed by atoms with Crippen molar-refractivity contribution in [2.45, 2.75) is 0 Å². The largest absolute Gasteiger partial charge is 0.398 e. The fraction of sp³-hybridized carbons (Fsp3) is 0. The minimum absolute atomic E-state index is 0.0131. The summed E-state index contributed by atoms with van der Waals surface area (Å²) >= 11 is 6.06. The number of carbonyl (C=O) groups excluding carboxylic acids is 1. The average molecular weight is 406 g/mol. The minimum atomic E-state index is -0.739. The van der Waals surface area contributed by atoms with Gasteiger partial charge in [-0.3, -0.25) is 4.79 Å². The highest BCUT2D eigenvalue weighted by Crippen LogP contribution is 2.25. The smallest absolute Gasteiger partial charge is 0.255 e. The maximum atomic E-state index is 13.6. The zero-order valence-electron chi connectivity index (χ0n) is 9.88. The highest BCUT2D eigenvalue weighted by atomic mass is 79.9. The van der Waals surface area contributed by atoms with Crippen LogP contribution in [0.4, 0.5) is 20.2 Å². The minimum Gasteiger partial charge on any atom is -0.398 e. The van der Waals surface area contributed by atoms with Crippen LogP contribution < -0.4 is 11.1 Å². The first-order valence-electron chi connectivity index (χ1n) is 5.39. The molecule has 0 unspecified atom stereocenters. The van der Waals surface area contributed by atoms with Crippen molar-refractivity contribution in [2.24, 2.45) is 0 Å². The van der Waals surface area contributed by atoms with E-state index in [0.717, 1.165) is 12.1 Å². The van der Waals surface area contributed by atoms with E-state index >= 15 is 0 Å². The number of benzene rings is 2. The van der Waals surface area contributed by atoms with Crippen LogP contribution in [0.25, 0.3) is 0 Å². The van der Waals surface area contributed by atoms with Gasteiger partial charge in [0.2, 0.25) is 0 Å². The summed E-state index contributed by atoms with van der Waals surface area (Å²) in [5.41, 5.74) is 6.04. The number of hydrogen-bond acceptors (Lipinski definition) is 2. The molecule has 2 aromatic rings. The monoisotopic (exact) mass is 404 g/mol. The van der Waals surface area contributed by atoms with Gasteiger partial charge >= 0.3 is 0 Å². The number of anilines is 2. The van der Waals surface area contributed by atoms with Gasteiger partial charge in [0.25, 0.3) is 5.91 Å². The predicted molar refractivity (Wildman–Crippen MR) is 80.6 cm³/mol. The van der Waals surface area contributed by atoms with Gasteiger partial charge in [-0.1, -0.05) is 0 Å². The van der Waals surface area contributed by atoms with Gasteiger partial charge < -0.3 is 11.1 Å². The van der Waals surface area contributed by atoms with Crippen molar-refractivity contribution >= 4 is 49.1 Å². The molecule has 0 aliphatic rings. The van der Waals surface area contributed by atoms with Gasteiger partial charge in [-0.05, 0) is 56.1 Å². The number of amides is 1. The Morgan fingerprint density at radius 2 is 1.75 bits per heavy atom. The van der Waals surface area contributed by atoms with Crippen LogP contribution in [-0.2, 0) is 0 Å². The number of hydrogen-bond donors (Lipinski definition) is 2. The average Bonchev–Trinajstić information content (AvgIpc) is 2.39. The number of halogens is 4. The lowest BCUT2D eigenvalue weighted by molar-refractivity contribution is 0.102. The molecule has 0 aliphatic carbocycles. The molecular formula is C13H8Br2F2N2O. The van der Waals surface area contributed by atoms with E-state index < -0.39 is 17.5 Å². The van der Waals surface area contributed by atoms with E-state index in [9.17, 15) is 13.6 Å². The number of carbonyl (C=O) groups is 1. The molecule has 0 bridgehead atoms. The van der Waals surface area contributed by atoms with Crippen molar-refractivity contribution < 1.29 is 13.6 Å². The van der Waals surface area contributed by atoms with Crippen LogP contribution in [0, 0.1) is 11.6 Å². The Kier molecular flexibility index (Phi) is 4.39. The predicted octanol–water partition coefficient (Wildman–Crippen LogP) is 4.32. The normalized spacial score (nSPS) is 10.4.